The van der Waals surface area contributed by atoms with Gasteiger partial charge in [-0.15, -0.1) is 0 Å². The molecule has 0 aliphatic heterocycles. The highest BCUT2D eigenvalue weighted by molar-refractivity contribution is 5.76. The van der Waals surface area contributed by atoms with Gasteiger partial charge in [0.25, 0.3) is 0 Å². The molecule has 2 atom stereocenters. The molecule has 14 heavy (non-hydrogen) atoms. The summed E-state index contributed by atoms with van der Waals surface area (Å²) in [5.74, 6) is 0.0639. The summed E-state index contributed by atoms with van der Waals surface area (Å²) in [6, 6.07) is 0.192. The maximum atomic E-state index is 11.0. The molecule has 0 aliphatic carbocycles. The van der Waals surface area contributed by atoms with Gasteiger partial charge in [-0.25, -0.2) is 0 Å². The normalized spacial score (nSPS) is 14.9. The Balaban J connectivity index is 3.52. The fourth-order valence-corrected chi connectivity index (χ4v) is 1.16. The van der Waals surface area contributed by atoms with Crippen molar-refractivity contribution in [3.05, 3.63) is 0 Å². The van der Waals surface area contributed by atoms with Crippen LogP contribution in [-0.4, -0.2) is 38.3 Å². The molecule has 1 amide bonds. The van der Waals surface area contributed by atoms with E-state index in [1.165, 1.54) is 0 Å². The van der Waals surface area contributed by atoms with E-state index in [2.05, 4.69) is 10.6 Å². The Hall–Kier alpha value is -0.610. The lowest BCUT2D eigenvalue weighted by Crippen LogP contribution is -2.37. The number of carbonyl (C=O) groups excluding carboxylic acids is 1. The largest absolute Gasteiger partial charge is 0.377 e. The average Bonchev–Trinajstić information content (AvgIpc) is 2.15. The zero-order chi connectivity index (χ0) is 11.0. The molecule has 0 saturated heterocycles. The molecule has 2 unspecified atom stereocenters. The van der Waals surface area contributed by atoms with Gasteiger partial charge in [0.1, 0.15) is 0 Å². The lowest BCUT2D eigenvalue weighted by molar-refractivity contribution is -0.121. The van der Waals surface area contributed by atoms with E-state index in [1.54, 1.807) is 7.05 Å². The molecule has 2 N–H and O–H groups in total. The third-order valence-corrected chi connectivity index (χ3v) is 1.98. The van der Waals surface area contributed by atoms with E-state index in [0.717, 1.165) is 13.2 Å². The molecule has 4 heteroatoms. The highest BCUT2D eigenvalue weighted by Crippen LogP contribution is 1.93. The van der Waals surface area contributed by atoms with Crippen LogP contribution in [0.2, 0.25) is 0 Å². The fraction of sp³-hybridized carbons (Fsp3) is 0.900. The first-order chi connectivity index (χ1) is 6.60. The lowest BCUT2D eigenvalue weighted by Gasteiger charge is -2.17. The highest BCUT2D eigenvalue weighted by Gasteiger charge is 2.08. The minimum Gasteiger partial charge on any atom is -0.377 e. The summed E-state index contributed by atoms with van der Waals surface area (Å²) >= 11 is 0. The van der Waals surface area contributed by atoms with Crippen LogP contribution in [0.5, 0.6) is 0 Å². The van der Waals surface area contributed by atoms with Crippen LogP contribution in [0.25, 0.3) is 0 Å². The Morgan fingerprint density at radius 1 is 1.43 bits per heavy atom. The zero-order valence-electron chi connectivity index (χ0n) is 9.59. The van der Waals surface area contributed by atoms with E-state index >= 15 is 0 Å². The van der Waals surface area contributed by atoms with Crippen LogP contribution >= 0.6 is 0 Å². The van der Waals surface area contributed by atoms with Crippen LogP contribution < -0.4 is 10.6 Å². The molecule has 0 aromatic carbocycles. The molecule has 0 aromatic rings. The first kappa shape index (κ1) is 13.4. The molecule has 84 valence electrons. The van der Waals surface area contributed by atoms with Crippen molar-refractivity contribution in [2.24, 2.45) is 0 Å². The van der Waals surface area contributed by atoms with E-state index in [4.69, 9.17) is 4.74 Å². The Morgan fingerprint density at radius 3 is 2.57 bits per heavy atom. The number of nitrogens with one attached hydrogen (secondary N) is 2. The van der Waals surface area contributed by atoms with Gasteiger partial charge in [0.15, 0.2) is 0 Å². The molecule has 0 rings (SSSR count). The topological polar surface area (TPSA) is 50.4 Å². The van der Waals surface area contributed by atoms with Gasteiger partial charge in [-0.1, -0.05) is 0 Å². The Bertz CT molecular complexity index is 162. The predicted molar refractivity (Wildman–Crippen MR) is 57.2 cm³/mol. The van der Waals surface area contributed by atoms with Crippen molar-refractivity contribution in [1.29, 1.82) is 0 Å². The standard InChI is InChI=1S/C10H22N2O2/c1-5-14-9(3)7-12-8(2)6-10(13)11-4/h8-9,12H,5-7H2,1-4H3,(H,11,13). The van der Waals surface area contributed by atoms with Gasteiger partial charge >= 0.3 is 0 Å². The number of ether oxygens (including phenoxy) is 1. The first-order valence-electron chi connectivity index (χ1n) is 5.15. The third-order valence-electron chi connectivity index (χ3n) is 1.98. The van der Waals surface area contributed by atoms with Crippen molar-refractivity contribution in [2.75, 3.05) is 20.2 Å². The van der Waals surface area contributed by atoms with Gasteiger partial charge in [-0.3, -0.25) is 4.79 Å². The van der Waals surface area contributed by atoms with Crippen molar-refractivity contribution >= 4 is 5.91 Å². The van der Waals surface area contributed by atoms with Crippen LogP contribution in [-0.2, 0) is 9.53 Å². The number of hydrogen-bond donors (Lipinski definition) is 2. The van der Waals surface area contributed by atoms with Gasteiger partial charge in [-0.05, 0) is 20.8 Å². The zero-order valence-corrected chi connectivity index (χ0v) is 9.59. The maximum Gasteiger partial charge on any atom is 0.221 e. The van der Waals surface area contributed by atoms with Crippen molar-refractivity contribution in [3.8, 4) is 0 Å². The lowest BCUT2D eigenvalue weighted by atomic mass is 10.2. The Kier molecular flexibility index (Phi) is 7.42. The summed E-state index contributed by atoms with van der Waals surface area (Å²) in [7, 11) is 1.65. The summed E-state index contributed by atoms with van der Waals surface area (Å²) in [5.41, 5.74) is 0. The molecule has 0 bridgehead atoms. The second kappa shape index (κ2) is 7.76. The maximum absolute atomic E-state index is 11.0. The Labute approximate surface area is 86.4 Å². The molecule has 0 radical (unpaired) electrons. The van der Waals surface area contributed by atoms with Gasteiger partial charge in [0, 0.05) is 32.7 Å². The fourth-order valence-electron chi connectivity index (χ4n) is 1.16. The Morgan fingerprint density at radius 2 is 2.07 bits per heavy atom. The van der Waals surface area contributed by atoms with Crippen molar-refractivity contribution in [1.82, 2.24) is 10.6 Å². The van der Waals surface area contributed by atoms with Crippen LogP contribution in [0.1, 0.15) is 27.2 Å². The minimum absolute atomic E-state index is 0.0639. The number of amides is 1. The monoisotopic (exact) mass is 202 g/mol. The van der Waals surface area contributed by atoms with Gasteiger partial charge in [-0.2, -0.15) is 0 Å². The molecular weight excluding hydrogens is 180 g/mol. The molecule has 0 saturated carbocycles. The van der Waals surface area contributed by atoms with E-state index in [9.17, 15) is 4.79 Å². The van der Waals surface area contributed by atoms with Crippen LogP contribution in [0.15, 0.2) is 0 Å². The summed E-state index contributed by atoms with van der Waals surface area (Å²) in [5, 5.41) is 5.85. The second-order valence-electron chi connectivity index (χ2n) is 3.45. The smallest absolute Gasteiger partial charge is 0.221 e. The molecule has 0 heterocycles. The SMILES string of the molecule is CCOC(C)CNC(C)CC(=O)NC. The second-order valence-corrected chi connectivity index (χ2v) is 3.45. The van der Waals surface area contributed by atoms with Gasteiger partial charge < -0.3 is 15.4 Å². The minimum atomic E-state index is 0.0639. The molecular formula is C10H22N2O2. The van der Waals surface area contributed by atoms with Crippen molar-refractivity contribution in [2.45, 2.75) is 39.3 Å². The van der Waals surface area contributed by atoms with Crippen LogP contribution in [0.4, 0.5) is 0 Å². The number of hydrogen-bond acceptors (Lipinski definition) is 3. The summed E-state index contributed by atoms with van der Waals surface area (Å²) in [4.78, 5) is 11.0. The van der Waals surface area contributed by atoms with Crippen LogP contribution in [0.3, 0.4) is 0 Å². The summed E-state index contributed by atoms with van der Waals surface area (Å²) < 4.78 is 5.36. The van der Waals surface area contributed by atoms with E-state index < -0.39 is 0 Å². The predicted octanol–water partition coefficient (Wildman–Crippen LogP) is 0.526. The van der Waals surface area contributed by atoms with Crippen molar-refractivity contribution < 1.29 is 9.53 Å². The molecule has 0 aromatic heterocycles. The van der Waals surface area contributed by atoms with E-state index in [0.29, 0.717) is 6.42 Å². The summed E-state index contributed by atoms with van der Waals surface area (Å²) in [6.07, 6.45) is 0.710. The van der Waals surface area contributed by atoms with E-state index in [1.807, 2.05) is 20.8 Å². The highest BCUT2D eigenvalue weighted by atomic mass is 16.5. The average molecular weight is 202 g/mol. The van der Waals surface area contributed by atoms with Crippen molar-refractivity contribution in [3.63, 3.8) is 0 Å². The van der Waals surface area contributed by atoms with Gasteiger partial charge in [0.2, 0.25) is 5.91 Å². The van der Waals surface area contributed by atoms with E-state index in [-0.39, 0.29) is 18.1 Å². The first-order valence-corrected chi connectivity index (χ1v) is 5.15. The van der Waals surface area contributed by atoms with Crippen LogP contribution in [0, 0.1) is 0 Å². The number of rotatable bonds is 7. The third kappa shape index (κ3) is 6.86. The molecule has 0 spiro atoms. The van der Waals surface area contributed by atoms with Gasteiger partial charge in [0.05, 0.1) is 6.10 Å². The quantitative estimate of drug-likeness (QED) is 0.633. The molecule has 0 aliphatic rings. The summed E-state index contributed by atoms with van der Waals surface area (Å²) in [6.45, 7) is 7.50. The molecule has 0 fully saturated rings. The molecule has 4 nitrogen and oxygen atoms in total. The number of carbonyl (C=O) groups is 1.